The van der Waals surface area contributed by atoms with Crippen molar-refractivity contribution < 1.29 is 4.24 Å². The van der Waals surface area contributed by atoms with Crippen molar-refractivity contribution >= 4 is 17.0 Å². The van der Waals surface area contributed by atoms with Crippen LogP contribution in [0.2, 0.25) is 0 Å². The summed E-state index contributed by atoms with van der Waals surface area (Å²) in [5.74, 6) is 0. The molecule has 0 unspecified atom stereocenters. The van der Waals surface area contributed by atoms with Gasteiger partial charge in [-0.15, -0.1) is 0 Å². The summed E-state index contributed by atoms with van der Waals surface area (Å²) < 4.78 is 1.96. The molecule has 0 atom stereocenters. The molecular formula is C14H12N+. The van der Waals surface area contributed by atoms with E-state index >= 15 is 0 Å². The van der Waals surface area contributed by atoms with Crippen molar-refractivity contribution in [1.82, 2.24) is 0 Å². The Balaban J connectivity index is 2.59. The maximum absolute atomic E-state index is 4.04. The lowest BCUT2D eigenvalue weighted by Crippen LogP contribution is -2.21. The molecule has 1 aromatic heterocycles. The fraction of sp³-hybridized carbons (Fsp3) is 0.0714. The fourth-order valence-corrected chi connectivity index (χ4v) is 2.20. The molecule has 1 aromatic carbocycles. The molecule has 0 bridgehead atoms. The Bertz CT molecular complexity index is 666. The number of rotatable bonds is 0. The average molecular weight is 194 g/mol. The first-order valence-corrected chi connectivity index (χ1v) is 5.13. The van der Waals surface area contributed by atoms with Crippen LogP contribution in [0.5, 0.6) is 0 Å². The molecule has 0 saturated carbocycles. The van der Waals surface area contributed by atoms with Gasteiger partial charge in [0.05, 0.1) is 0 Å². The number of pyridine rings is 1. The molecule has 15 heavy (non-hydrogen) atoms. The van der Waals surface area contributed by atoms with Crippen LogP contribution < -0.4 is 9.46 Å². The highest BCUT2D eigenvalue weighted by atomic mass is 14.8. The van der Waals surface area contributed by atoms with Gasteiger partial charge < -0.3 is 0 Å². The van der Waals surface area contributed by atoms with E-state index in [1.807, 2.05) is 16.5 Å². The zero-order chi connectivity index (χ0) is 10.3. The SMILES string of the molecule is C=[n+]1cccc2ccc3c(c21)CC=CC=3. The van der Waals surface area contributed by atoms with Crippen LogP contribution in [0.1, 0.15) is 5.56 Å². The molecule has 0 spiro atoms. The van der Waals surface area contributed by atoms with Crippen LogP contribution in [-0.2, 0) is 6.42 Å². The summed E-state index contributed by atoms with van der Waals surface area (Å²) >= 11 is 0. The first-order chi connectivity index (χ1) is 7.36. The summed E-state index contributed by atoms with van der Waals surface area (Å²) in [5.41, 5.74) is 2.63. The number of allylic oxidation sites excluding steroid dienone is 2. The number of benzene rings is 1. The van der Waals surface area contributed by atoms with E-state index in [2.05, 4.69) is 43.1 Å². The van der Waals surface area contributed by atoms with E-state index < -0.39 is 0 Å². The van der Waals surface area contributed by atoms with Crippen LogP contribution in [-0.4, -0.2) is 0 Å². The number of hydrogen-bond acceptors (Lipinski definition) is 0. The highest BCUT2D eigenvalue weighted by molar-refractivity contribution is 5.80. The van der Waals surface area contributed by atoms with Gasteiger partial charge in [0, 0.05) is 17.0 Å². The van der Waals surface area contributed by atoms with E-state index in [-0.39, 0.29) is 0 Å². The monoisotopic (exact) mass is 194 g/mol. The lowest BCUT2D eigenvalue weighted by molar-refractivity contribution is -0.468. The van der Waals surface area contributed by atoms with Gasteiger partial charge in [0.1, 0.15) is 6.72 Å². The third-order valence-electron chi connectivity index (χ3n) is 2.91. The van der Waals surface area contributed by atoms with Gasteiger partial charge in [0.25, 0.3) is 0 Å². The molecule has 2 aromatic rings. The maximum atomic E-state index is 4.04. The fourth-order valence-electron chi connectivity index (χ4n) is 2.20. The van der Waals surface area contributed by atoms with E-state index in [1.54, 1.807) is 0 Å². The summed E-state index contributed by atoms with van der Waals surface area (Å²) in [4.78, 5) is 0. The lowest BCUT2D eigenvalue weighted by Gasteiger charge is -2.03. The number of hydrogen-bond donors (Lipinski definition) is 0. The van der Waals surface area contributed by atoms with Gasteiger partial charge in [-0.3, -0.25) is 0 Å². The molecule has 0 saturated heterocycles. The molecule has 1 aliphatic rings. The Hall–Kier alpha value is -1.89. The standard InChI is InChI=1S/C14H12N/c1-15-10-4-6-12-9-8-11-5-2-3-7-13(11)14(12)15/h2-6,8-10H,1,7H2/q+1. The molecule has 0 aliphatic heterocycles. The summed E-state index contributed by atoms with van der Waals surface area (Å²) in [5, 5.41) is 2.57. The molecule has 0 fully saturated rings. The summed E-state index contributed by atoms with van der Waals surface area (Å²) in [6.07, 6.45) is 9.47. The van der Waals surface area contributed by atoms with Gasteiger partial charge in [-0.1, -0.05) is 24.3 Å². The van der Waals surface area contributed by atoms with Crippen LogP contribution in [0, 0.1) is 6.72 Å². The molecule has 72 valence electrons. The average Bonchev–Trinajstić information content (AvgIpc) is 2.29. The van der Waals surface area contributed by atoms with E-state index in [1.165, 1.54) is 21.7 Å². The van der Waals surface area contributed by atoms with E-state index in [9.17, 15) is 0 Å². The van der Waals surface area contributed by atoms with Crippen molar-refractivity contribution in [3.8, 4) is 0 Å². The van der Waals surface area contributed by atoms with Gasteiger partial charge in [0.2, 0.25) is 5.52 Å². The normalized spacial score (nSPS) is 13.6. The minimum Gasteiger partial charge on any atom is -0.173 e. The molecule has 3 rings (SSSR count). The zero-order valence-electron chi connectivity index (χ0n) is 8.48. The molecule has 1 heterocycles. The molecule has 1 nitrogen and oxygen atoms in total. The number of fused-ring (bicyclic) bond motifs is 3. The highest BCUT2D eigenvalue weighted by Crippen LogP contribution is 2.12. The van der Waals surface area contributed by atoms with Crippen LogP contribution in [0.3, 0.4) is 0 Å². The van der Waals surface area contributed by atoms with Gasteiger partial charge in [-0.25, -0.2) is 0 Å². The van der Waals surface area contributed by atoms with Gasteiger partial charge in [-0.2, -0.15) is 4.24 Å². The molecule has 1 aliphatic carbocycles. The maximum Gasteiger partial charge on any atom is 0.221 e. The topological polar surface area (TPSA) is 5.90 Å². The van der Waals surface area contributed by atoms with Crippen molar-refractivity contribution in [2.24, 2.45) is 0 Å². The Labute approximate surface area is 88.3 Å². The second kappa shape index (κ2) is 3.06. The Kier molecular flexibility index (Phi) is 1.72. The van der Waals surface area contributed by atoms with Gasteiger partial charge >= 0.3 is 0 Å². The van der Waals surface area contributed by atoms with Crippen molar-refractivity contribution in [2.45, 2.75) is 6.42 Å². The summed E-state index contributed by atoms with van der Waals surface area (Å²) in [6.45, 7) is 4.04. The number of aromatic nitrogens is 1. The second-order valence-corrected chi connectivity index (χ2v) is 3.85. The van der Waals surface area contributed by atoms with Crippen LogP contribution in [0.15, 0.2) is 42.6 Å². The molecular weight excluding hydrogens is 182 g/mol. The molecule has 0 radical (unpaired) electrons. The van der Waals surface area contributed by atoms with Gasteiger partial charge in [0.15, 0.2) is 6.20 Å². The predicted octanol–water partition coefficient (Wildman–Crippen LogP) is 1.66. The van der Waals surface area contributed by atoms with Crippen LogP contribution in [0.4, 0.5) is 0 Å². The Morgan fingerprint density at radius 2 is 2.13 bits per heavy atom. The summed E-state index contributed by atoms with van der Waals surface area (Å²) in [7, 11) is 0. The zero-order valence-corrected chi connectivity index (χ0v) is 8.48. The molecule has 0 amide bonds. The van der Waals surface area contributed by atoms with Crippen molar-refractivity contribution in [2.75, 3.05) is 0 Å². The quantitative estimate of drug-likeness (QED) is 0.563. The van der Waals surface area contributed by atoms with Crippen molar-refractivity contribution in [1.29, 1.82) is 0 Å². The smallest absolute Gasteiger partial charge is 0.173 e. The third-order valence-corrected chi connectivity index (χ3v) is 2.91. The molecule has 0 N–H and O–H groups in total. The largest absolute Gasteiger partial charge is 0.221 e. The third kappa shape index (κ3) is 1.20. The highest BCUT2D eigenvalue weighted by Gasteiger charge is 2.10. The Morgan fingerprint density at radius 3 is 3.07 bits per heavy atom. The molecule has 1 heteroatoms. The predicted molar refractivity (Wildman–Crippen MR) is 61.8 cm³/mol. The van der Waals surface area contributed by atoms with Crippen LogP contribution in [0.25, 0.3) is 17.0 Å². The second-order valence-electron chi connectivity index (χ2n) is 3.85. The lowest BCUT2D eigenvalue weighted by atomic mass is 10.0. The minimum atomic E-state index is 1.00. The van der Waals surface area contributed by atoms with Crippen LogP contribution >= 0.6 is 0 Å². The summed E-state index contributed by atoms with van der Waals surface area (Å²) in [6, 6.07) is 8.51. The van der Waals surface area contributed by atoms with Gasteiger partial charge in [-0.05, 0) is 23.8 Å². The number of nitrogens with zero attached hydrogens (tertiary/aromatic N) is 1. The van der Waals surface area contributed by atoms with E-state index in [4.69, 9.17) is 0 Å². The van der Waals surface area contributed by atoms with Crippen molar-refractivity contribution in [3.05, 3.63) is 60.1 Å². The first kappa shape index (κ1) is 8.42. The van der Waals surface area contributed by atoms with Crippen molar-refractivity contribution in [3.63, 3.8) is 0 Å². The minimum absolute atomic E-state index is 1.00. The van der Waals surface area contributed by atoms with E-state index in [0.717, 1.165) is 6.42 Å². The van der Waals surface area contributed by atoms with E-state index in [0.29, 0.717) is 0 Å². The Morgan fingerprint density at radius 1 is 1.20 bits per heavy atom. The first-order valence-electron chi connectivity index (χ1n) is 5.13.